The quantitative estimate of drug-likeness (QED) is 0.358. The number of rotatable bonds is 10. The van der Waals surface area contributed by atoms with Crippen LogP contribution in [0.3, 0.4) is 0 Å². The highest BCUT2D eigenvalue weighted by Gasteiger charge is 2.16. The van der Waals surface area contributed by atoms with E-state index >= 15 is 0 Å². The molecule has 1 rings (SSSR count). The van der Waals surface area contributed by atoms with E-state index in [0.29, 0.717) is 31.1 Å². The maximum Gasteiger partial charge on any atom is 0.387 e. The minimum absolute atomic E-state index is 0.0237. The van der Waals surface area contributed by atoms with E-state index in [9.17, 15) is 17.2 Å². The van der Waals surface area contributed by atoms with Gasteiger partial charge in [0.2, 0.25) is 0 Å². The van der Waals surface area contributed by atoms with Gasteiger partial charge >= 0.3 is 6.61 Å². The number of guanidine groups is 1. The Balaban J connectivity index is 2.70. The molecule has 10 heteroatoms. The van der Waals surface area contributed by atoms with Crippen LogP contribution in [-0.2, 0) is 16.4 Å². The summed E-state index contributed by atoms with van der Waals surface area (Å²) in [5.74, 6) is 0.704. The van der Waals surface area contributed by atoms with E-state index in [1.807, 2.05) is 0 Å². The summed E-state index contributed by atoms with van der Waals surface area (Å²) in [5.41, 5.74) is 0.482. The summed E-state index contributed by atoms with van der Waals surface area (Å²) in [6.45, 7) is -0.316. The van der Waals surface area contributed by atoms with Gasteiger partial charge in [-0.25, -0.2) is 8.42 Å². The summed E-state index contributed by atoms with van der Waals surface area (Å²) in [7, 11) is -1.46. The normalized spacial score (nSPS) is 12.2. The van der Waals surface area contributed by atoms with Crippen molar-refractivity contribution >= 4 is 15.8 Å². The van der Waals surface area contributed by atoms with Gasteiger partial charge in [-0.3, -0.25) is 4.99 Å². The number of nitrogens with zero attached hydrogens (tertiary/aromatic N) is 1. The fourth-order valence-electron chi connectivity index (χ4n) is 2.13. The lowest BCUT2D eigenvalue weighted by Crippen LogP contribution is -2.37. The summed E-state index contributed by atoms with van der Waals surface area (Å²) in [6.07, 6.45) is 1.61. The van der Waals surface area contributed by atoms with E-state index in [1.165, 1.54) is 6.26 Å². The predicted octanol–water partition coefficient (Wildman–Crippen LogP) is 1.79. The zero-order valence-corrected chi connectivity index (χ0v) is 15.9. The number of benzene rings is 1. The van der Waals surface area contributed by atoms with Crippen LogP contribution in [0.15, 0.2) is 23.2 Å². The van der Waals surface area contributed by atoms with E-state index < -0.39 is 16.4 Å². The number of para-hydroxylation sites is 1. The molecule has 0 radical (unpaired) electrons. The first-order valence-corrected chi connectivity index (χ1v) is 10.1. The summed E-state index contributed by atoms with van der Waals surface area (Å²) in [4.78, 5) is 4.01. The SMILES string of the molecule is CCOc1cccc(CNC(=NC)NCCCS(C)(=O)=O)c1OC(F)F. The van der Waals surface area contributed by atoms with Crippen molar-refractivity contribution in [3.05, 3.63) is 23.8 Å². The second-order valence-corrected chi connectivity index (χ2v) is 7.65. The van der Waals surface area contributed by atoms with Crippen LogP contribution in [0.5, 0.6) is 11.5 Å². The number of hydrogen-bond acceptors (Lipinski definition) is 5. The molecule has 0 amide bonds. The van der Waals surface area contributed by atoms with Crippen molar-refractivity contribution in [2.45, 2.75) is 26.5 Å². The van der Waals surface area contributed by atoms with Crippen molar-refractivity contribution in [1.29, 1.82) is 0 Å². The number of sulfone groups is 1. The Hall–Kier alpha value is -2.10. The van der Waals surface area contributed by atoms with Crippen LogP contribution < -0.4 is 20.1 Å². The number of aliphatic imine (C=N–C) groups is 1. The fraction of sp³-hybridized carbons (Fsp3) is 0.562. The number of halogens is 2. The molecular weight excluding hydrogens is 368 g/mol. The smallest absolute Gasteiger partial charge is 0.387 e. The van der Waals surface area contributed by atoms with Crippen LogP contribution in [0, 0.1) is 0 Å². The fourth-order valence-corrected chi connectivity index (χ4v) is 2.80. The van der Waals surface area contributed by atoms with Crippen LogP contribution in [0.2, 0.25) is 0 Å². The average Bonchev–Trinajstić information content (AvgIpc) is 2.55. The molecular formula is C16H25F2N3O4S. The second-order valence-electron chi connectivity index (χ2n) is 5.39. The molecule has 0 fully saturated rings. The third kappa shape index (κ3) is 8.32. The van der Waals surface area contributed by atoms with E-state index in [4.69, 9.17) is 4.74 Å². The average molecular weight is 393 g/mol. The number of alkyl halides is 2. The van der Waals surface area contributed by atoms with Crippen LogP contribution >= 0.6 is 0 Å². The molecule has 2 N–H and O–H groups in total. The number of ether oxygens (including phenoxy) is 2. The molecule has 26 heavy (non-hydrogen) atoms. The number of nitrogens with one attached hydrogen (secondary N) is 2. The largest absolute Gasteiger partial charge is 0.490 e. The Bertz CT molecular complexity index is 697. The first kappa shape index (κ1) is 21.9. The first-order chi connectivity index (χ1) is 12.3. The molecule has 0 aliphatic rings. The lowest BCUT2D eigenvalue weighted by atomic mass is 10.2. The van der Waals surface area contributed by atoms with Gasteiger partial charge in [-0.1, -0.05) is 12.1 Å². The molecule has 0 saturated heterocycles. The number of hydrogen-bond donors (Lipinski definition) is 2. The zero-order chi connectivity index (χ0) is 19.6. The van der Waals surface area contributed by atoms with Gasteiger partial charge in [0.05, 0.1) is 12.4 Å². The van der Waals surface area contributed by atoms with Crippen molar-refractivity contribution in [1.82, 2.24) is 10.6 Å². The molecule has 0 spiro atoms. The van der Waals surface area contributed by atoms with Crippen molar-refractivity contribution in [2.75, 3.05) is 32.2 Å². The molecule has 7 nitrogen and oxygen atoms in total. The molecule has 0 heterocycles. The van der Waals surface area contributed by atoms with Crippen molar-refractivity contribution < 1.29 is 26.7 Å². The third-order valence-corrected chi connectivity index (χ3v) is 4.25. The van der Waals surface area contributed by atoms with Gasteiger partial charge in [0, 0.05) is 32.0 Å². The predicted molar refractivity (Wildman–Crippen MR) is 96.8 cm³/mol. The van der Waals surface area contributed by atoms with Gasteiger partial charge in [0.25, 0.3) is 0 Å². The first-order valence-electron chi connectivity index (χ1n) is 8.08. The van der Waals surface area contributed by atoms with Gasteiger partial charge in [-0.2, -0.15) is 8.78 Å². The monoisotopic (exact) mass is 393 g/mol. The standard InChI is InChI=1S/C16H25F2N3O4S/c1-4-24-13-8-5-7-12(14(13)25-15(17)18)11-21-16(19-2)20-9-6-10-26(3,22)23/h5,7-8,15H,4,6,9-11H2,1-3H3,(H2,19,20,21). The Morgan fingerprint density at radius 3 is 2.62 bits per heavy atom. The second kappa shape index (κ2) is 10.8. The molecule has 0 bridgehead atoms. The highest BCUT2D eigenvalue weighted by atomic mass is 32.2. The van der Waals surface area contributed by atoms with Gasteiger partial charge in [0.15, 0.2) is 17.5 Å². The van der Waals surface area contributed by atoms with Crippen molar-refractivity contribution in [3.8, 4) is 11.5 Å². The van der Waals surface area contributed by atoms with E-state index in [2.05, 4.69) is 20.4 Å². The zero-order valence-electron chi connectivity index (χ0n) is 15.1. The topological polar surface area (TPSA) is 89.0 Å². The van der Waals surface area contributed by atoms with E-state index in [0.717, 1.165) is 0 Å². The Kier molecular flexibility index (Phi) is 9.11. The molecule has 0 saturated carbocycles. The summed E-state index contributed by atoms with van der Waals surface area (Å²) >= 11 is 0. The molecule has 1 aromatic rings. The van der Waals surface area contributed by atoms with Gasteiger partial charge in [0.1, 0.15) is 9.84 Å². The van der Waals surface area contributed by atoms with Crippen LogP contribution in [0.4, 0.5) is 8.78 Å². The maximum absolute atomic E-state index is 12.7. The molecule has 1 aromatic carbocycles. The minimum Gasteiger partial charge on any atom is -0.490 e. The van der Waals surface area contributed by atoms with Gasteiger partial charge < -0.3 is 20.1 Å². The molecule has 0 aromatic heterocycles. The molecule has 148 valence electrons. The molecule has 0 aliphatic carbocycles. The van der Waals surface area contributed by atoms with Crippen LogP contribution in [0.25, 0.3) is 0 Å². The lowest BCUT2D eigenvalue weighted by molar-refractivity contribution is -0.0520. The highest BCUT2D eigenvalue weighted by molar-refractivity contribution is 7.90. The van der Waals surface area contributed by atoms with E-state index in [-0.39, 0.29) is 23.8 Å². The maximum atomic E-state index is 12.7. The van der Waals surface area contributed by atoms with Crippen molar-refractivity contribution in [2.24, 2.45) is 4.99 Å². The van der Waals surface area contributed by atoms with Gasteiger partial charge in [-0.15, -0.1) is 0 Å². The summed E-state index contributed by atoms with van der Waals surface area (Å²) in [5, 5.41) is 5.94. The molecule has 0 unspecified atom stereocenters. The Labute approximate surface area is 152 Å². The van der Waals surface area contributed by atoms with Crippen molar-refractivity contribution in [3.63, 3.8) is 0 Å². The Morgan fingerprint density at radius 2 is 2.04 bits per heavy atom. The highest BCUT2D eigenvalue weighted by Crippen LogP contribution is 2.32. The third-order valence-electron chi connectivity index (χ3n) is 3.22. The van der Waals surface area contributed by atoms with Crippen LogP contribution in [-0.4, -0.2) is 53.2 Å². The summed E-state index contributed by atoms with van der Waals surface area (Å²) in [6, 6.07) is 4.88. The minimum atomic E-state index is -3.01. The molecule has 0 aliphatic heterocycles. The van der Waals surface area contributed by atoms with Crippen LogP contribution in [0.1, 0.15) is 18.9 Å². The lowest BCUT2D eigenvalue weighted by Gasteiger charge is -2.17. The Morgan fingerprint density at radius 1 is 1.31 bits per heavy atom. The van der Waals surface area contributed by atoms with E-state index in [1.54, 1.807) is 32.2 Å². The molecule has 0 atom stereocenters. The summed E-state index contributed by atoms with van der Waals surface area (Å²) < 4.78 is 57.6. The van der Waals surface area contributed by atoms with Gasteiger partial charge in [-0.05, 0) is 19.4 Å².